The van der Waals surface area contributed by atoms with Crippen LogP contribution in [0.1, 0.15) is 22.8 Å². The van der Waals surface area contributed by atoms with Crippen LogP contribution in [-0.2, 0) is 0 Å². The van der Waals surface area contributed by atoms with E-state index in [9.17, 15) is 0 Å². The lowest BCUT2D eigenvalue weighted by molar-refractivity contribution is 1.31. The van der Waals surface area contributed by atoms with E-state index < -0.39 is 0 Å². The number of nitrogens with zero attached hydrogens (tertiary/aromatic N) is 2. The molecule has 0 aromatic carbocycles. The molecule has 0 amide bonds. The van der Waals surface area contributed by atoms with Gasteiger partial charge in [-0.2, -0.15) is 0 Å². The third-order valence-electron chi connectivity index (χ3n) is 4.04. The van der Waals surface area contributed by atoms with Crippen molar-refractivity contribution in [3.63, 3.8) is 0 Å². The zero-order chi connectivity index (χ0) is 15.9. The van der Waals surface area contributed by atoms with Gasteiger partial charge >= 0.3 is 23.1 Å². The highest BCUT2D eigenvalue weighted by molar-refractivity contribution is 5.77. The second-order valence-electron chi connectivity index (χ2n) is 5.91. The van der Waals surface area contributed by atoms with Gasteiger partial charge in [0.05, 0.1) is 22.8 Å². The predicted octanol–water partition coefficient (Wildman–Crippen LogP) is 3.74. The largest absolute Gasteiger partial charge is 0.355 e. The summed E-state index contributed by atoms with van der Waals surface area (Å²) in [6.45, 7) is 0. The summed E-state index contributed by atoms with van der Waals surface area (Å²) in [7, 11) is 0. The third-order valence-corrected chi connectivity index (χ3v) is 4.04. The molecule has 4 nitrogen and oxygen atoms in total. The molecule has 2 aliphatic heterocycles. The maximum Gasteiger partial charge on any atom is 0.316 e. The van der Waals surface area contributed by atoms with Crippen molar-refractivity contribution in [3.8, 4) is 0 Å². The summed E-state index contributed by atoms with van der Waals surface area (Å²) in [5.74, 6) is 0. The summed E-state index contributed by atoms with van der Waals surface area (Å²) in [6.07, 6.45) is 8.09. The van der Waals surface area contributed by atoms with Gasteiger partial charge in [-0.3, -0.25) is 0 Å². The highest BCUT2D eigenvalue weighted by Crippen LogP contribution is 2.16. The first-order chi connectivity index (χ1) is 11.8. The molecule has 0 saturated carbocycles. The van der Waals surface area contributed by atoms with Gasteiger partial charge in [-0.15, -0.1) is 0 Å². The van der Waals surface area contributed by atoms with Crippen LogP contribution in [0.4, 0.5) is 0 Å². The molecular formula is C20H16MgN4. The molecule has 0 aliphatic carbocycles. The Morgan fingerprint density at radius 3 is 1.04 bits per heavy atom. The molecular weight excluding hydrogens is 321 g/mol. The summed E-state index contributed by atoms with van der Waals surface area (Å²) in [5, 5.41) is 0. The van der Waals surface area contributed by atoms with E-state index in [1.807, 2.05) is 48.6 Å². The lowest BCUT2D eigenvalue weighted by Crippen LogP contribution is -1.75. The SMILES string of the molecule is C1=Cc2cc3ccc(cc4nc(cc5ccc(cc1n2)[nH]5)C=C4)[nH]3.[MgH2]. The molecule has 0 saturated heterocycles. The molecule has 3 aromatic rings. The lowest BCUT2D eigenvalue weighted by atomic mass is 10.3. The van der Waals surface area contributed by atoms with E-state index in [-0.39, 0.29) is 23.1 Å². The van der Waals surface area contributed by atoms with Crippen molar-refractivity contribution < 1.29 is 0 Å². The zero-order valence-electron chi connectivity index (χ0n) is 12.8. The Bertz CT molecular complexity index is 990. The van der Waals surface area contributed by atoms with Crippen LogP contribution in [0.2, 0.25) is 0 Å². The third kappa shape index (κ3) is 3.29. The van der Waals surface area contributed by atoms with Crippen molar-refractivity contribution in [1.82, 2.24) is 19.9 Å². The van der Waals surface area contributed by atoms with Gasteiger partial charge in [0.15, 0.2) is 0 Å². The first-order valence-corrected chi connectivity index (χ1v) is 7.85. The Kier molecular flexibility index (Phi) is 4.03. The second-order valence-corrected chi connectivity index (χ2v) is 5.91. The maximum atomic E-state index is 4.63. The number of H-pyrrole nitrogens is 2. The number of fused-ring (bicyclic) bond motifs is 8. The van der Waals surface area contributed by atoms with Crippen molar-refractivity contribution in [2.75, 3.05) is 0 Å². The molecule has 2 aliphatic rings. The highest BCUT2D eigenvalue weighted by atomic mass is 24.3. The summed E-state index contributed by atoms with van der Waals surface area (Å²) < 4.78 is 0. The van der Waals surface area contributed by atoms with Crippen molar-refractivity contribution in [2.24, 2.45) is 0 Å². The average molecular weight is 337 g/mol. The average Bonchev–Trinajstić information content (AvgIpc) is 3.32. The quantitative estimate of drug-likeness (QED) is 0.423. The monoisotopic (exact) mass is 336 g/mol. The molecule has 25 heavy (non-hydrogen) atoms. The van der Waals surface area contributed by atoms with Crippen LogP contribution < -0.4 is 0 Å². The van der Waals surface area contributed by atoms with Crippen LogP contribution >= 0.6 is 0 Å². The van der Waals surface area contributed by atoms with E-state index in [0.29, 0.717) is 0 Å². The number of nitrogens with one attached hydrogen (secondary N) is 2. The van der Waals surface area contributed by atoms with Gasteiger partial charge in [-0.1, -0.05) is 0 Å². The Morgan fingerprint density at radius 1 is 0.480 bits per heavy atom. The minimum Gasteiger partial charge on any atom is -0.355 e. The summed E-state index contributed by atoms with van der Waals surface area (Å²) >= 11 is 0. The number of aromatic nitrogens is 4. The zero-order valence-corrected chi connectivity index (χ0v) is 12.8. The van der Waals surface area contributed by atoms with Gasteiger partial charge in [0.25, 0.3) is 0 Å². The van der Waals surface area contributed by atoms with E-state index in [1.165, 1.54) is 0 Å². The van der Waals surface area contributed by atoms with Crippen LogP contribution in [-0.4, -0.2) is 43.0 Å². The molecule has 0 atom stereocenters. The topological polar surface area (TPSA) is 57.4 Å². The summed E-state index contributed by atoms with van der Waals surface area (Å²) in [6, 6.07) is 16.4. The molecule has 8 bridgehead atoms. The van der Waals surface area contributed by atoms with Crippen LogP contribution in [0.3, 0.4) is 0 Å². The fraction of sp³-hybridized carbons (Fsp3) is 0. The Balaban J connectivity index is 0.00000157. The molecule has 0 fully saturated rings. The molecule has 2 N–H and O–H groups in total. The van der Waals surface area contributed by atoms with Crippen LogP contribution in [0.5, 0.6) is 0 Å². The smallest absolute Gasteiger partial charge is 0.316 e. The van der Waals surface area contributed by atoms with E-state index in [2.05, 4.69) is 44.2 Å². The fourth-order valence-electron chi connectivity index (χ4n) is 2.94. The van der Waals surface area contributed by atoms with Crippen LogP contribution in [0.15, 0.2) is 48.5 Å². The normalized spacial score (nSPS) is 12.2. The van der Waals surface area contributed by atoms with Crippen molar-refractivity contribution in [3.05, 3.63) is 71.3 Å². The predicted molar refractivity (Wildman–Crippen MR) is 107 cm³/mol. The van der Waals surface area contributed by atoms with Gasteiger partial charge in [0, 0.05) is 22.1 Å². The molecule has 0 radical (unpaired) electrons. The van der Waals surface area contributed by atoms with Gasteiger partial charge < -0.3 is 9.97 Å². The van der Waals surface area contributed by atoms with Crippen LogP contribution in [0.25, 0.3) is 46.4 Å². The summed E-state index contributed by atoms with van der Waals surface area (Å²) in [5.41, 5.74) is 7.86. The summed E-state index contributed by atoms with van der Waals surface area (Å²) in [4.78, 5) is 16.0. The lowest BCUT2D eigenvalue weighted by Gasteiger charge is -1.85. The molecule has 0 spiro atoms. The second kappa shape index (κ2) is 6.35. The molecule has 0 unspecified atom stereocenters. The van der Waals surface area contributed by atoms with E-state index in [0.717, 1.165) is 44.8 Å². The number of rotatable bonds is 0. The molecule has 5 heteroatoms. The standard InChI is InChI=1S/C20H14N4.Mg.2H/c1-2-14-10-16-5-6-18(23-16)12-20-8-7-19(24-20)11-17-4-3-15(22-17)9-13(1)21-14;;;/h1-12,21,24H;;;. The van der Waals surface area contributed by atoms with E-state index in [4.69, 9.17) is 0 Å². The maximum absolute atomic E-state index is 4.63. The van der Waals surface area contributed by atoms with Crippen LogP contribution in [0, 0.1) is 0 Å². The molecule has 118 valence electrons. The first kappa shape index (κ1) is 15.9. The van der Waals surface area contributed by atoms with Crippen molar-refractivity contribution in [1.29, 1.82) is 0 Å². The molecule has 5 rings (SSSR count). The first-order valence-electron chi connectivity index (χ1n) is 7.85. The Morgan fingerprint density at radius 2 is 0.760 bits per heavy atom. The van der Waals surface area contributed by atoms with E-state index >= 15 is 0 Å². The minimum absolute atomic E-state index is 0. The van der Waals surface area contributed by atoms with Gasteiger partial charge in [0.2, 0.25) is 0 Å². The number of aromatic amines is 2. The molecule has 5 heterocycles. The highest BCUT2D eigenvalue weighted by Gasteiger charge is 2.00. The van der Waals surface area contributed by atoms with Gasteiger partial charge in [-0.05, 0) is 72.8 Å². The van der Waals surface area contributed by atoms with Crippen molar-refractivity contribution in [2.45, 2.75) is 0 Å². The Hall–Kier alpha value is -2.63. The fourth-order valence-corrected chi connectivity index (χ4v) is 2.94. The van der Waals surface area contributed by atoms with Crippen molar-refractivity contribution >= 4 is 69.4 Å². The minimum atomic E-state index is 0. The van der Waals surface area contributed by atoms with E-state index in [1.54, 1.807) is 0 Å². The number of hydrogen-bond acceptors (Lipinski definition) is 2. The van der Waals surface area contributed by atoms with Gasteiger partial charge in [0.1, 0.15) is 0 Å². The molecule has 3 aromatic heterocycles. The number of hydrogen-bond donors (Lipinski definition) is 2. The Labute approximate surface area is 160 Å². The van der Waals surface area contributed by atoms with Gasteiger partial charge in [-0.25, -0.2) is 9.97 Å².